The minimum Gasteiger partial charge on any atom is -0.392 e. The molecule has 1 heterocycles. The number of aromatic nitrogens is 3. The van der Waals surface area contributed by atoms with Gasteiger partial charge in [0.05, 0.1) is 6.61 Å². The van der Waals surface area contributed by atoms with Gasteiger partial charge in [-0.2, -0.15) is 15.0 Å². The topological polar surface area (TPSA) is 97.0 Å². The number of aliphatic hydroxyl groups excluding tert-OH is 1. The van der Waals surface area contributed by atoms with Gasteiger partial charge in [0.2, 0.25) is 11.9 Å². The van der Waals surface area contributed by atoms with Gasteiger partial charge in [-0.05, 0) is 29.3 Å². The Hall–Kier alpha value is -2.70. The molecule has 3 rings (SSSR count). The first kappa shape index (κ1) is 16.2. The van der Waals surface area contributed by atoms with Crippen molar-refractivity contribution >= 4 is 23.5 Å². The molecule has 0 fully saturated rings. The summed E-state index contributed by atoms with van der Waals surface area (Å²) in [4.78, 5) is 12.7. The smallest absolute Gasteiger partial charge is 0.228 e. The van der Waals surface area contributed by atoms with Crippen molar-refractivity contribution in [1.29, 1.82) is 0 Å². The maximum Gasteiger partial charge on any atom is 0.228 e. The summed E-state index contributed by atoms with van der Waals surface area (Å²) in [5.41, 5.74) is 8.19. The van der Waals surface area contributed by atoms with E-state index in [1.807, 2.05) is 30.3 Å². The molecular weight excluding hydrogens is 326 g/mol. The Labute approximate surface area is 144 Å². The average Bonchev–Trinajstić information content (AvgIpc) is 2.60. The van der Waals surface area contributed by atoms with E-state index in [1.165, 1.54) is 0 Å². The summed E-state index contributed by atoms with van der Waals surface area (Å²) in [6.45, 7) is 0.394. The minimum atomic E-state index is -0.172. The highest BCUT2D eigenvalue weighted by Gasteiger charge is 2.11. The van der Waals surface area contributed by atoms with Crippen molar-refractivity contribution in [1.82, 2.24) is 15.0 Å². The van der Waals surface area contributed by atoms with Crippen molar-refractivity contribution in [2.45, 2.75) is 13.2 Å². The quantitative estimate of drug-likeness (QED) is 0.660. The highest BCUT2D eigenvalue weighted by molar-refractivity contribution is 6.30. The number of nitrogens with one attached hydrogen (secondary N) is 1. The number of aliphatic hydroxyl groups is 1. The summed E-state index contributed by atoms with van der Waals surface area (Å²) < 4.78 is 0. The zero-order valence-electron chi connectivity index (χ0n) is 12.8. The highest BCUT2D eigenvalue weighted by Crippen LogP contribution is 2.25. The summed E-state index contributed by atoms with van der Waals surface area (Å²) in [6.07, 6.45) is 0. The lowest BCUT2D eigenvalue weighted by molar-refractivity contribution is 0.282. The number of halogens is 1. The Balaban J connectivity index is 1.89. The molecule has 0 saturated carbocycles. The molecule has 7 heteroatoms. The maximum atomic E-state index is 9.52. The zero-order chi connectivity index (χ0) is 16.9. The van der Waals surface area contributed by atoms with Gasteiger partial charge in [0, 0.05) is 17.1 Å². The minimum absolute atomic E-state index is 0.106. The summed E-state index contributed by atoms with van der Waals surface area (Å²) >= 11 is 5.96. The van der Waals surface area contributed by atoms with Gasteiger partial charge in [-0.15, -0.1) is 0 Å². The molecule has 6 nitrogen and oxygen atoms in total. The van der Waals surface area contributed by atoms with Crippen LogP contribution in [-0.4, -0.2) is 20.1 Å². The van der Waals surface area contributed by atoms with Crippen LogP contribution in [0.2, 0.25) is 5.02 Å². The van der Waals surface area contributed by atoms with Crippen LogP contribution in [0.3, 0.4) is 0 Å². The fourth-order valence-corrected chi connectivity index (χ4v) is 2.47. The summed E-state index contributed by atoms with van der Waals surface area (Å²) in [5.74, 6) is 0.869. The second-order valence-electron chi connectivity index (χ2n) is 5.14. The van der Waals surface area contributed by atoms with E-state index in [1.54, 1.807) is 18.2 Å². The molecule has 0 saturated heterocycles. The third kappa shape index (κ3) is 3.79. The lowest BCUT2D eigenvalue weighted by Gasteiger charge is -2.10. The molecule has 0 amide bonds. The van der Waals surface area contributed by atoms with Crippen molar-refractivity contribution in [2.75, 3.05) is 11.1 Å². The first-order valence-electron chi connectivity index (χ1n) is 7.34. The summed E-state index contributed by atoms with van der Waals surface area (Å²) in [6, 6.07) is 15.0. The Bertz CT molecular complexity index is 842. The molecular formula is C17H16ClN5O. The number of nitrogens with zero attached hydrogens (tertiary/aromatic N) is 3. The Morgan fingerprint density at radius 2 is 1.83 bits per heavy atom. The van der Waals surface area contributed by atoms with E-state index >= 15 is 0 Å². The SMILES string of the molecule is Nc1nc(NCc2ccccc2)nc(-c2ccc(Cl)cc2CO)n1. The lowest BCUT2D eigenvalue weighted by atomic mass is 10.1. The molecule has 122 valence electrons. The first-order valence-corrected chi connectivity index (χ1v) is 7.72. The van der Waals surface area contributed by atoms with E-state index < -0.39 is 0 Å². The molecule has 0 spiro atoms. The van der Waals surface area contributed by atoms with Gasteiger partial charge in [-0.1, -0.05) is 41.9 Å². The Morgan fingerprint density at radius 1 is 1.04 bits per heavy atom. The Kier molecular flexibility index (Phi) is 4.88. The van der Waals surface area contributed by atoms with E-state index in [9.17, 15) is 5.11 Å². The van der Waals surface area contributed by atoms with E-state index in [0.29, 0.717) is 34.5 Å². The van der Waals surface area contributed by atoms with Gasteiger partial charge in [-0.25, -0.2) is 0 Å². The average molecular weight is 342 g/mol. The van der Waals surface area contributed by atoms with Gasteiger partial charge < -0.3 is 16.2 Å². The number of rotatable bonds is 5. The van der Waals surface area contributed by atoms with Crippen molar-refractivity contribution in [3.63, 3.8) is 0 Å². The van der Waals surface area contributed by atoms with E-state index in [0.717, 1.165) is 5.56 Å². The molecule has 0 aliphatic heterocycles. The molecule has 3 aromatic rings. The monoisotopic (exact) mass is 341 g/mol. The predicted octanol–water partition coefficient (Wildman–Crippen LogP) is 2.88. The molecule has 1 aromatic heterocycles. The van der Waals surface area contributed by atoms with Crippen LogP contribution in [-0.2, 0) is 13.2 Å². The molecule has 0 aliphatic rings. The third-order valence-corrected chi connectivity index (χ3v) is 3.66. The van der Waals surface area contributed by atoms with Crippen LogP contribution in [0.25, 0.3) is 11.4 Å². The number of nitrogens with two attached hydrogens (primary N) is 1. The van der Waals surface area contributed by atoms with E-state index in [-0.39, 0.29) is 12.6 Å². The van der Waals surface area contributed by atoms with Gasteiger partial charge in [0.25, 0.3) is 0 Å². The lowest BCUT2D eigenvalue weighted by Crippen LogP contribution is -2.08. The van der Waals surface area contributed by atoms with Crippen LogP contribution in [0.5, 0.6) is 0 Å². The highest BCUT2D eigenvalue weighted by atomic mass is 35.5. The maximum absolute atomic E-state index is 9.52. The van der Waals surface area contributed by atoms with Crippen molar-refractivity contribution < 1.29 is 5.11 Å². The van der Waals surface area contributed by atoms with Crippen LogP contribution < -0.4 is 11.1 Å². The molecule has 4 N–H and O–H groups in total. The van der Waals surface area contributed by atoms with Crippen LogP contribution in [0.15, 0.2) is 48.5 Å². The molecule has 0 bridgehead atoms. The summed E-state index contributed by atoms with van der Waals surface area (Å²) in [5, 5.41) is 13.2. The Morgan fingerprint density at radius 3 is 2.58 bits per heavy atom. The van der Waals surface area contributed by atoms with Crippen LogP contribution in [0, 0.1) is 0 Å². The molecule has 24 heavy (non-hydrogen) atoms. The largest absolute Gasteiger partial charge is 0.392 e. The van der Waals surface area contributed by atoms with Gasteiger partial charge in [-0.3, -0.25) is 0 Å². The van der Waals surface area contributed by atoms with Crippen LogP contribution >= 0.6 is 11.6 Å². The van der Waals surface area contributed by atoms with E-state index in [4.69, 9.17) is 17.3 Å². The number of benzene rings is 2. The normalized spacial score (nSPS) is 10.6. The second kappa shape index (κ2) is 7.25. The molecule has 0 atom stereocenters. The van der Waals surface area contributed by atoms with Crippen molar-refractivity contribution in [2.24, 2.45) is 0 Å². The number of hydrogen-bond acceptors (Lipinski definition) is 6. The zero-order valence-corrected chi connectivity index (χ0v) is 13.5. The number of nitrogen functional groups attached to an aromatic ring is 1. The fourth-order valence-electron chi connectivity index (χ4n) is 2.28. The molecule has 0 aliphatic carbocycles. The first-order chi connectivity index (χ1) is 11.7. The van der Waals surface area contributed by atoms with Gasteiger partial charge in [0.15, 0.2) is 5.82 Å². The van der Waals surface area contributed by atoms with Gasteiger partial charge >= 0.3 is 0 Å². The van der Waals surface area contributed by atoms with Crippen LogP contribution in [0.1, 0.15) is 11.1 Å². The second-order valence-corrected chi connectivity index (χ2v) is 5.58. The van der Waals surface area contributed by atoms with Crippen LogP contribution in [0.4, 0.5) is 11.9 Å². The standard InChI is InChI=1S/C17H16ClN5O/c18-13-6-7-14(12(8-13)10-24)15-21-16(19)23-17(22-15)20-9-11-4-2-1-3-5-11/h1-8,24H,9-10H2,(H3,19,20,21,22,23). The van der Waals surface area contributed by atoms with Crippen molar-refractivity contribution in [3.05, 3.63) is 64.7 Å². The molecule has 0 unspecified atom stereocenters. The molecule has 0 radical (unpaired) electrons. The van der Waals surface area contributed by atoms with Gasteiger partial charge in [0.1, 0.15) is 0 Å². The molecule has 2 aromatic carbocycles. The number of anilines is 2. The third-order valence-electron chi connectivity index (χ3n) is 3.42. The van der Waals surface area contributed by atoms with E-state index in [2.05, 4.69) is 20.3 Å². The fraction of sp³-hybridized carbons (Fsp3) is 0.118. The number of hydrogen-bond donors (Lipinski definition) is 3. The van der Waals surface area contributed by atoms with Crippen molar-refractivity contribution in [3.8, 4) is 11.4 Å². The predicted molar refractivity (Wildman–Crippen MR) is 94.4 cm³/mol. The summed E-state index contributed by atoms with van der Waals surface area (Å²) in [7, 11) is 0.